The molecule has 4 nitrogen and oxygen atoms in total. The number of hydrazine groups is 1. The predicted octanol–water partition coefficient (Wildman–Crippen LogP) is 0.881. The van der Waals surface area contributed by atoms with Gasteiger partial charge in [-0.1, -0.05) is 11.6 Å². The molecule has 0 spiro atoms. The van der Waals surface area contributed by atoms with Crippen LogP contribution in [0.3, 0.4) is 0 Å². The van der Waals surface area contributed by atoms with Gasteiger partial charge in [0.15, 0.2) is 0 Å². The number of nitrogens with two attached hydrogens (primary N) is 1. The Morgan fingerprint density at radius 3 is 2.86 bits per heavy atom. The van der Waals surface area contributed by atoms with Crippen LogP contribution >= 0.6 is 11.6 Å². The lowest BCUT2D eigenvalue weighted by Gasteiger charge is -2.06. The molecule has 0 aliphatic rings. The highest BCUT2D eigenvalue weighted by Gasteiger charge is 2.03. The lowest BCUT2D eigenvalue weighted by Crippen LogP contribution is -2.35. The van der Waals surface area contributed by atoms with Gasteiger partial charge in [-0.3, -0.25) is 10.2 Å². The molecule has 0 bridgehead atoms. The highest BCUT2D eigenvalue weighted by molar-refractivity contribution is 6.33. The third-order valence-corrected chi connectivity index (χ3v) is 1.84. The lowest BCUT2D eigenvalue weighted by molar-refractivity contribution is -0.119. The van der Waals surface area contributed by atoms with Gasteiger partial charge in [-0.2, -0.15) is 0 Å². The monoisotopic (exact) mass is 217 g/mol. The maximum Gasteiger partial charge on any atom is 0.253 e. The van der Waals surface area contributed by atoms with Gasteiger partial charge in [-0.05, 0) is 18.2 Å². The Balaban J connectivity index is 2.63. The largest absolute Gasteiger partial charge is 0.375 e. The number of rotatable bonds is 3. The van der Waals surface area contributed by atoms with Gasteiger partial charge in [0.25, 0.3) is 5.91 Å². The van der Waals surface area contributed by atoms with Crippen molar-refractivity contribution < 1.29 is 9.18 Å². The summed E-state index contributed by atoms with van der Waals surface area (Å²) in [5.74, 6) is 4.05. The minimum atomic E-state index is -0.427. The first-order chi connectivity index (χ1) is 6.63. The smallest absolute Gasteiger partial charge is 0.253 e. The van der Waals surface area contributed by atoms with E-state index in [9.17, 15) is 9.18 Å². The lowest BCUT2D eigenvalue weighted by atomic mass is 10.3. The molecular weight excluding hydrogens is 209 g/mol. The third kappa shape index (κ3) is 2.86. The number of hydrogen-bond donors (Lipinski definition) is 3. The molecule has 1 amide bonds. The van der Waals surface area contributed by atoms with E-state index in [1.165, 1.54) is 12.1 Å². The van der Waals surface area contributed by atoms with E-state index in [2.05, 4.69) is 5.32 Å². The zero-order chi connectivity index (χ0) is 10.6. The van der Waals surface area contributed by atoms with E-state index in [-0.39, 0.29) is 17.5 Å². The average molecular weight is 218 g/mol. The number of benzene rings is 1. The van der Waals surface area contributed by atoms with E-state index in [0.717, 1.165) is 6.07 Å². The van der Waals surface area contributed by atoms with Crippen LogP contribution in [0.15, 0.2) is 18.2 Å². The molecule has 0 aliphatic heterocycles. The molecule has 0 radical (unpaired) electrons. The molecule has 1 aromatic rings. The molecule has 1 rings (SSSR count). The molecule has 0 aliphatic carbocycles. The summed E-state index contributed by atoms with van der Waals surface area (Å²) in [6.45, 7) is -0.0121. The number of hydrogen-bond acceptors (Lipinski definition) is 3. The number of halogens is 2. The number of carbonyl (C=O) groups excluding carboxylic acids is 1. The van der Waals surface area contributed by atoms with Crippen molar-refractivity contribution in [2.24, 2.45) is 5.84 Å². The molecule has 1 aromatic carbocycles. The average Bonchev–Trinajstić information content (AvgIpc) is 2.16. The fraction of sp³-hybridized carbons (Fsp3) is 0.125. The van der Waals surface area contributed by atoms with Crippen molar-refractivity contribution in [2.75, 3.05) is 11.9 Å². The van der Waals surface area contributed by atoms with Gasteiger partial charge < -0.3 is 5.32 Å². The third-order valence-electron chi connectivity index (χ3n) is 1.53. The first kappa shape index (κ1) is 10.7. The van der Waals surface area contributed by atoms with E-state index < -0.39 is 5.82 Å². The van der Waals surface area contributed by atoms with Crippen molar-refractivity contribution in [2.45, 2.75) is 0 Å². The second kappa shape index (κ2) is 4.78. The molecule has 4 N–H and O–H groups in total. The van der Waals surface area contributed by atoms with Crippen LogP contribution in [-0.2, 0) is 4.79 Å². The van der Waals surface area contributed by atoms with Gasteiger partial charge >= 0.3 is 0 Å². The minimum Gasteiger partial charge on any atom is -0.375 e. The Hall–Kier alpha value is -1.33. The van der Waals surface area contributed by atoms with E-state index in [1.807, 2.05) is 5.43 Å². The first-order valence-corrected chi connectivity index (χ1v) is 4.19. The van der Waals surface area contributed by atoms with Gasteiger partial charge in [0.05, 0.1) is 17.3 Å². The summed E-state index contributed by atoms with van der Waals surface area (Å²) in [4.78, 5) is 10.7. The Morgan fingerprint density at radius 1 is 1.57 bits per heavy atom. The Labute approximate surface area is 85.2 Å². The van der Waals surface area contributed by atoms with Crippen LogP contribution in [0.4, 0.5) is 10.1 Å². The van der Waals surface area contributed by atoms with Crippen LogP contribution in [0.25, 0.3) is 0 Å². The molecule has 14 heavy (non-hydrogen) atoms. The van der Waals surface area contributed by atoms with Crippen molar-refractivity contribution in [3.63, 3.8) is 0 Å². The second-order valence-electron chi connectivity index (χ2n) is 2.55. The summed E-state index contributed by atoms with van der Waals surface area (Å²) in [6.07, 6.45) is 0. The Morgan fingerprint density at radius 2 is 2.29 bits per heavy atom. The van der Waals surface area contributed by atoms with Crippen LogP contribution < -0.4 is 16.6 Å². The predicted molar refractivity (Wildman–Crippen MR) is 52.2 cm³/mol. The maximum atomic E-state index is 12.6. The molecule has 0 saturated heterocycles. The molecule has 0 fully saturated rings. The number of amides is 1. The van der Waals surface area contributed by atoms with Crippen molar-refractivity contribution >= 4 is 23.2 Å². The van der Waals surface area contributed by atoms with Gasteiger partial charge in [0.1, 0.15) is 5.82 Å². The number of nitrogens with one attached hydrogen (secondary N) is 2. The summed E-state index contributed by atoms with van der Waals surface area (Å²) in [7, 11) is 0. The van der Waals surface area contributed by atoms with Crippen LogP contribution in [0.2, 0.25) is 5.02 Å². The normalized spacial score (nSPS) is 9.64. The summed E-state index contributed by atoms with van der Waals surface area (Å²) < 4.78 is 12.6. The Bertz CT molecular complexity index is 345. The van der Waals surface area contributed by atoms with Gasteiger partial charge in [0, 0.05) is 0 Å². The van der Waals surface area contributed by atoms with Crippen molar-refractivity contribution in [3.8, 4) is 0 Å². The van der Waals surface area contributed by atoms with E-state index in [4.69, 9.17) is 17.4 Å². The first-order valence-electron chi connectivity index (χ1n) is 3.82. The second-order valence-corrected chi connectivity index (χ2v) is 2.95. The van der Waals surface area contributed by atoms with Gasteiger partial charge in [0.2, 0.25) is 0 Å². The minimum absolute atomic E-state index is 0.0121. The highest BCUT2D eigenvalue weighted by Crippen LogP contribution is 2.21. The van der Waals surface area contributed by atoms with Crippen LogP contribution in [0, 0.1) is 5.82 Å². The quantitative estimate of drug-likeness (QED) is 0.400. The molecule has 0 saturated carbocycles. The van der Waals surface area contributed by atoms with E-state index in [0.29, 0.717) is 5.69 Å². The molecular formula is C8H9ClFN3O. The van der Waals surface area contributed by atoms with Gasteiger partial charge in [-0.15, -0.1) is 0 Å². The summed E-state index contributed by atoms with van der Waals surface area (Å²) >= 11 is 5.69. The topological polar surface area (TPSA) is 67.1 Å². The standard InChI is InChI=1S/C8H9ClFN3O/c9-6-3-5(10)1-2-7(6)12-4-8(14)13-11/h1-3,12H,4,11H2,(H,13,14). The fourth-order valence-electron chi connectivity index (χ4n) is 0.859. The highest BCUT2D eigenvalue weighted by atomic mass is 35.5. The van der Waals surface area contributed by atoms with E-state index in [1.54, 1.807) is 0 Å². The summed E-state index contributed by atoms with van der Waals surface area (Å²) in [5, 5.41) is 2.92. The van der Waals surface area contributed by atoms with Crippen LogP contribution in [-0.4, -0.2) is 12.5 Å². The van der Waals surface area contributed by atoms with Crippen molar-refractivity contribution in [1.29, 1.82) is 0 Å². The molecule has 6 heteroatoms. The summed E-state index contributed by atoms with van der Waals surface area (Å²) in [6, 6.07) is 3.85. The van der Waals surface area contributed by atoms with Crippen LogP contribution in [0.1, 0.15) is 0 Å². The van der Waals surface area contributed by atoms with Crippen molar-refractivity contribution in [3.05, 3.63) is 29.0 Å². The van der Waals surface area contributed by atoms with Gasteiger partial charge in [-0.25, -0.2) is 10.2 Å². The summed E-state index contributed by atoms with van der Waals surface area (Å²) in [5.41, 5.74) is 2.43. The zero-order valence-electron chi connectivity index (χ0n) is 7.18. The van der Waals surface area contributed by atoms with Crippen molar-refractivity contribution in [1.82, 2.24) is 5.43 Å². The molecule has 0 unspecified atom stereocenters. The Kier molecular flexibility index (Phi) is 3.67. The molecule has 0 atom stereocenters. The van der Waals surface area contributed by atoms with E-state index >= 15 is 0 Å². The SMILES string of the molecule is NNC(=O)CNc1ccc(F)cc1Cl. The molecule has 0 heterocycles. The number of carbonyl (C=O) groups is 1. The molecule has 76 valence electrons. The number of anilines is 1. The van der Waals surface area contributed by atoms with Crippen LogP contribution in [0.5, 0.6) is 0 Å². The fourth-order valence-corrected chi connectivity index (χ4v) is 1.09. The maximum absolute atomic E-state index is 12.6. The zero-order valence-corrected chi connectivity index (χ0v) is 7.94. The molecule has 0 aromatic heterocycles.